The minimum atomic E-state index is -0.981. The molecule has 0 bridgehead atoms. The Hall–Kier alpha value is -2.10. The Morgan fingerprint density at radius 2 is 1.53 bits per heavy atom. The molecule has 0 heterocycles. The van der Waals surface area contributed by atoms with E-state index >= 15 is 0 Å². The number of rotatable bonds is 2. The normalized spacial score (nSPS) is 8.63. The molecule has 19 heavy (non-hydrogen) atoms. The van der Waals surface area contributed by atoms with Crippen molar-refractivity contribution in [1.29, 1.82) is 0 Å². The first-order chi connectivity index (χ1) is 8.56. The van der Waals surface area contributed by atoms with Crippen LogP contribution in [-0.2, 0) is 21.9 Å². The summed E-state index contributed by atoms with van der Waals surface area (Å²) in [5, 5.41) is 18.2. The van der Waals surface area contributed by atoms with Gasteiger partial charge in [0.25, 0.3) is 0 Å². The van der Waals surface area contributed by atoms with Crippen LogP contribution in [0.5, 0.6) is 0 Å². The molecule has 0 saturated carbocycles. The summed E-state index contributed by atoms with van der Waals surface area (Å²) in [5.41, 5.74) is 0.359. The van der Waals surface area contributed by atoms with Gasteiger partial charge in [0.2, 0.25) is 0 Å². The minimum Gasteiger partial charge on any atom is -0.478 e. The summed E-state index contributed by atoms with van der Waals surface area (Å²) < 4.78 is 0. The van der Waals surface area contributed by atoms with E-state index in [4.69, 9.17) is 10.2 Å². The molecule has 0 fully saturated rings. The molecule has 0 aromatic heterocycles. The van der Waals surface area contributed by atoms with Crippen molar-refractivity contribution in [2.75, 3.05) is 0 Å². The number of benzene rings is 2. The van der Waals surface area contributed by atoms with Crippen molar-refractivity contribution in [2.24, 2.45) is 0 Å². The number of hydrogen-bond acceptors (Lipinski definition) is 2. The van der Waals surface area contributed by atoms with Crippen LogP contribution in [0.15, 0.2) is 55.1 Å². The molecule has 0 aliphatic heterocycles. The van der Waals surface area contributed by atoms with E-state index in [1.54, 1.807) is 12.1 Å². The van der Waals surface area contributed by atoms with E-state index in [-0.39, 0.29) is 17.1 Å². The van der Waals surface area contributed by atoms with Crippen LogP contribution in [0, 0.1) is 0 Å². The molecule has 0 unspecified atom stereocenters. The van der Waals surface area contributed by atoms with Crippen LogP contribution in [0.4, 0.5) is 0 Å². The first-order valence-corrected chi connectivity index (χ1v) is 5.12. The number of hydrogen-bond donors (Lipinski definition) is 2. The van der Waals surface area contributed by atoms with E-state index in [0.717, 1.165) is 16.8 Å². The second-order valence-electron chi connectivity index (χ2n) is 3.37. The Balaban J connectivity index is 0.000000471. The molecule has 4 nitrogen and oxygen atoms in total. The van der Waals surface area contributed by atoms with Gasteiger partial charge in [0, 0.05) is 23.1 Å². The van der Waals surface area contributed by atoms with Gasteiger partial charge in [0.05, 0.1) is 5.56 Å². The summed E-state index contributed by atoms with van der Waals surface area (Å²) in [7, 11) is 0. The number of carboxylic acid groups (broad SMARTS) is 2. The smallest absolute Gasteiger partial charge is 0.336 e. The first kappa shape index (κ1) is 16.9. The Morgan fingerprint density at radius 3 is 2.05 bits per heavy atom. The van der Waals surface area contributed by atoms with Crippen molar-refractivity contribution >= 4 is 22.7 Å². The second-order valence-corrected chi connectivity index (χ2v) is 3.37. The van der Waals surface area contributed by atoms with Crippen LogP contribution in [0.3, 0.4) is 0 Å². The predicted octanol–water partition coefficient (Wildman–Crippen LogP) is 2.79. The minimum absolute atomic E-state index is 0. The molecule has 0 aliphatic rings. The van der Waals surface area contributed by atoms with E-state index in [0.29, 0.717) is 5.56 Å². The molecule has 2 aromatic rings. The van der Waals surface area contributed by atoms with Gasteiger partial charge in [0.15, 0.2) is 0 Å². The monoisotopic (exact) mass is 307 g/mol. The molecule has 0 spiro atoms. The fourth-order valence-corrected chi connectivity index (χ4v) is 1.41. The Labute approximate surface area is 120 Å². The fraction of sp³-hybridized carbons (Fsp3) is 0. The molecule has 1 radical (unpaired) electrons. The molecule has 0 atom stereocenters. The largest absolute Gasteiger partial charge is 0.478 e. The zero-order valence-corrected chi connectivity index (χ0v) is 10.8. The van der Waals surface area contributed by atoms with Gasteiger partial charge in [-0.25, -0.2) is 9.59 Å². The van der Waals surface area contributed by atoms with Crippen molar-refractivity contribution in [3.63, 3.8) is 0 Å². The van der Waals surface area contributed by atoms with Crippen LogP contribution in [0.25, 0.3) is 10.8 Å². The van der Waals surface area contributed by atoms with Crippen LogP contribution < -0.4 is 0 Å². The quantitative estimate of drug-likeness (QED) is 0.661. The maximum absolute atomic E-state index is 10.8. The zero-order valence-electron chi connectivity index (χ0n) is 9.84. The van der Waals surface area contributed by atoms with E-state index in [1.165, 1.54) is 0 Å². The Bertz CT molecular complexity index is 588. The van der Waals surface area contributed by atoms with E-state index < -0.39 is 11.9 Å². The van der Waals surface area contributed by atoms with E-state index in [2.05, 4.69) is 6.58 Å². The first-order valence-electron chi connectivity index (χ1n) is 5.12. The number of aromatic carboxylic acids is 1. The zero-order chi connectivity index (χ0) is 13.5. The number of fused-ring (bicyclic) bond motifs is 1. The van der Waals surface area contributed by atoms with E-state index in [1.807, 2.05) is 30.3 Å². The Morgan fingerprint density at radius 1 is 1.00 bits per heavy atom. The van der Waals surface area contributed by atoms with Crippen molar-refractivity contribution in [2.45, 2.75) is 0 Å². The van der Waals surface area contributed by atoms with Crippen LogP contribution in [-0.4, -0.2) is 22.2 Å². The molecular formula is C14H12CuO4. The van der Waals surface area contributed by atoms with Gasteiger partial charge in [-0.15, -0.1) is 0 Å². The van der Waals surface area contributed by atoms with Gasteiger partial charge in [-0.1, -0.05) is 43.0 Å². The average Bonchev–Trinajstić information content (AvgIpc) is 2.38. The molecule has 5 heteroatoms. The molecule has 2 rings (SSSR count). The molecule has 2 N–H and O–H groups in total. The summed E-state index contributed by atoms with van der Waals surface area (Å²) in [6.45, 7) is 2.96. The number of aliphatic carboxylic acids is 1. The van der Waals surface area contributed by atoms with Crippen LogP contribution >= 0.6 is 0 Å². The molecule has 2 aromatic carbocycles. The van der Waals surface area contributed by atoms with Gasteiger partial charge in [-0.05, 0) is 16.8 Å². The van der Waals surface area contributed by atoms with Gasteiger partial charge < -0.3 is 10.2 Å². The molecule has 0 aliphatic carbocycles. The maximum atomic E-state index is 10.8. The van der Waals surface area contributed by atoms with E-state index in [9.17, 15) is 9.59 Å². The van der Waals surface area contributed by atoms with Gasteiger partial charge >= 0.3 is 11.9 Å². The third-order valence-corrected chi connectivity index (χ3v) is 2.19. The molecular weight excluding hydrogens is 296 g/mol. The standard InChI is InChI=1S/C11H8O2.C3H4O2.Cu/c12-11(13)10-7-3-5-8-4-1-2-6-9(8)10;1-2-3(4)5;/h1-7H,(H,12,13);2H,1H2,(H,4,5);. The van der Waals surface area contributed by atoms with Gasteiger partial charge in [0.1, 0.15) is 0 Å². The summed E-state index contributed by atoms with van der Waals surface area (Å²) in [6, 6.07) is 12.7. The molecule has 0 saturated heterocycles. The average molecular weight is 308 g/mol. The van der Waals surface area contributed by atoms with Gasteiger partial charge in [-0.2, -0.15) is 0 Å². The Kier molecular flexibility index (Phi) is 7.19. The maximum Gasteiger partial charge on any atom is 0.336 e. The summed E-state index contributed by atoms with van der Waals surface area (Å²) >= 11 is 0. The van der Waals surface area contributed by atoms with Crippen molar-refractivity contribution in [1.82, 2.24) is 0 Å². The summed E-state index contributed by atoms with van der Waals surface area (Å²) in [5.74, 6) is -1.86. The molecule has 0 amide bonds. The summed E-state index contributed by atoms with van der Waals surface area (Å²) in [4.78, 5) is 20.1. The predicted molar refractivity (Wildman–Crippen MR) is 68.7 cm³/mol. The van der Waals surface area contributed by atoms with Gasteiger partial charge in [-0.3, -0.25) is 0 Å². The van der Waals surface area contributed by atoms with Crippen LogP contribution in [0.2, 0.25) is 0 Å². The van der Waals surface area contributed by atoms with Crippen LogP contribution in [0.1, 0.15) is 10.4 Å². The molecule has 103 valence electrons. The SMILES string of the molecule is C=CC(=O)O.O=C(O)c1cccc2ccccc12.[Cu]. The number of carboxylic acids is 2. The third kappa shape index (κ3) is 4.95. The fourth-order valence-electron chi connectivity index (χ4n) is 1.41. The summed E-state index contributed by atoms with van der Waals surface area (Å²) in [6.07, 6.45) is 0.833. The number of carbonyl (C=O) groups is 2. The van der Waals surface area contributed by atoms with Crippen molar-refractivity contribution in [3.8, 4) is 0 Å². The van der Waals surface area contributed by atoms with Crippen molar-refractivity contribution < 1.29 is 36.9 Å². The topological polar surface area (TPSA) is 74.6 Å². The second kappa shape index (κ2) is 8.08. The third-order valence-electron chi connectivity index (χ3n) is 2.19. The van der Waals surface area contributed by atoms with Crippen molar-refractivity contribution in [3.05, 3.63) is 60.7 Å².